The van der Waals surface area contributed by atoms with Crippen molar-refractivity contribution in [2.45, 2.75) is 13.1 Å². The van der Waals surface area contributed by atoms with Crippen LogP contribution in [0, 0.1) is 0 Å². The number of rotatable bonds is 5. The molecule has 1 aromatic heterocycles. The third-order valence-corrected chi connectivity index (χ3v) is 2.89. The third-order valence-electron chi connectivity index (χ3n) is 2.89. The lowest BCUT2D eigenvalue weighted by Gasteiger charge is -2.07. The van der Waals surface area contributed by atoms with Crippen molar-refractivity contribution in [1.29, 1.82) is 0 Å². The number of carbonyl (C=O) groups excluding carboxylic acids is 1. The Morgan fingerprint density at radius 2 is 1.86 bits per heavy atom. The molecule has 0 aliphatic carbocycles. The highest BCUT2D eigenvalue weighted by Gasteiger charge is 2.08. The molecular weight excluding hydrogens is 272 g/mol. The first-order valence-electron chi connectivity index (χ1n) is 6.30. The summed E-state index contributed by atoms with van der Waals surface area (Å²) < 4.78 is 1.16. The number of hydrogen-bond acceptors (Lipinski definition) is 3. The molecule has 0 atom stereocenters. The van der Waals surface area contributed by atoms with Gasteiger partial charge in [0.2, 0.25) is 5.91 Å². The maximum atomic E-state index is 11.8. The van der Waals surface area contributed by atoms with Crippen LogP contribution in [0.2, 0.25) is 0 Å². The summed E-state index contributed by atoms with van der Waals surface area (Å²) in [4.78, 5) is 34.2. The van der Waals surface area contributed by atoms with E-state index in [1.807, 2.05) is 30.3 Å². The van der Waals surface area contributed by atoms with Crippen molar-refractivity contribution in [1.82, 2.24) is 9.88 Å². The summed E-state index contributed by atoms with van der Waals surface area (Å²) in [5.41, 5.74) is 0.338. The predicted molar refractivity (Wildman–Crippen MR) is 76.0 cm³/mol. The maximum Gasteiger partial charge on any atom is 0.335 e. The average molecular weight is 286 g/mol. The van der Waals surface area contributed by atoms with Crippen LogP contribution in [-0.4, -0.2) is 21.6 Å². The largest absolute Gasteiger partial charge is 0.478 e. The Morgan fingerprint density at radius 3 is 2.48 bits per heavy atom. The zero-order valence-corrected chi connectivity index (χ0v) is 11.2. The van der Waals surface area contributed by atoms with E-state index in [1.54, 1.807) is 0 Å². The van der Waals surface area contributed by atoms with Gasteiger partial charge in [0.25, 0.3) is 5.56 Å². The standard InChI is InChI=1S/C15H14N2O4/c18-13(16-9-11-4-2-1-3-5-11)10-17-7-6-12(15(20)21)8-14(17)19/h1-8H,9-10H2,(H,16,18)(H,20,21). The number of carboxylic acid groups (broad SMARTS) is 1. The lowest BCUT2D eigenvalue weighted by atomic mass is 10.2. The van der Waals surface area contributed by atoms with Gasteiger partial charge in [0.15, 0.2) is 0 Å². The molecule has 0 unspecified atom stereocenters. The van der Waals surface area contributed by atoms with E-state index in [1.165, 1.54) is 12.3 Å². The van der Waals surface area contributed by atoms with Gasteiger partial charge in [-0.15, -0.1) is 0 Å². The zero-order chi connectivity index (χ0) is 15.2. The number of carbonyl (C=O) groups is 2. The van der Waals surface area contributed by atoms with Crippen LogP contribution in [0.3, 0.4) is 0 Å². The van der Waals surface area contributed by atoms with Crippen LogP contribution in [0.1, 0.15) is 15.9 Å². The molecule has 0 aliphatic heterocycles. The van der Waals surface area contributed by atoms with Gasteiger partial charge in [0.05, 0.1) is 5.56 Å². The quantitative estimate of drug-likeness (QED) is 0.853. The molecule has 21 heavy (non-hydrogen) atoms. The van der Waals surface area contributed by atoms with E-state index >= 15 is 0 Å². The van der Waals surface area contributed by atoms with Gasteiger partial charge in [-0.3, -0.25) is 9.59 Å². The van der Waals surface area contributed by atoms with E-state index < -0.39 is 11.5 Å². The summed E-state index contributed by atoms with van der Waals surface area (Å²) in [6.07, 6.45) is 1.30. The van der Waals surface area contributed by atoms with E-state index in [9.17, 15) is 14.4 Å². The molecule has 1 aromatic carbocycles. The van der Waals surface area contributed by atoms with Crippen molar-refractivity contribution in [2.75, 3.05) is 0 Å². The Morgan fingerprint density at radius 1 is 1.14 bits per heavy atom. The second-order valence-corrected chi connectivity index (χ2v) is 4.45. The molecule has 0 saturated heterocycles. The SMILES string of the molecule is O=C(Cn1ccc(C(=O)O)cc1=O)NCc1ccccc1. The van der Waals surface area contributed by atoms with E-state index in [4.69, 9.17) is 5.11 Å². The van der Waals surface area contributed by atoms with E-state index in [0.29, 0.717) is 6.54 Å². The predicted octanol–water partition coefficient (Wildman–Crippen LogP) is 0.863. The van der Waals surface area contributed by atoms with E-state index in [-0.39, 0.29) is 18.0 Å². The Labute approximate surface area is 120 Å². The van der Waals surface area contributed by atoms with Crippen LogP contribution < -0.4 is 10.9 Å². The van der Waals surface area contributed by atoms with Gasteiger partial charge in [-0.05, 0) is 11.6 Å². The van der Waals surface area contributed by atoms with Crippen molar-refractivity contribution >= 4 is 11.9 Å². The summed E-state index contributed by atoms with van der Waals surface area (Å²) in [6, 6.07) is 11.7. The number of hydrogen-bond donors (Lipinski definition) is 2. The third kappa shape index (κ3) is 4.04. The normalized spacial score (nSPS) is 10.1. The average Bonchev–Trinajstić information content (AvgIpc) is 2.48. The van der Waals surface area contributed by atoms with Crippen LogP contribution in [0.4, 0.5) is 0 Å². The summed E-state index contributed by atoms with van der Waals surface area (Å²) in [6.45, 7) is 0.229. The summed E-state index contributed by atoms with van der Waals surface area (Å²) >= 11 is 0. The first-order chi connectivity index (χ1) is 10.1. The summed E-state index contributed by atoms with van der Waals surface area (Å²) in [5.74, 6) is -1.49. The van der Waals surface area contributed by atoms with Gasteiger partial charge in [-0.25, -0.2) is 4.79 Å². The minimum absolute atomic E-state index is 0.0963. The number of nitrogens with zero attached hydrogens (tertiary/aromatic N) is 1. The molecule has 2 N–H and O–H groups in total. The second kappa shape index (κ2) is 6.51. The minimum Gasteiger partial charge on any atom is -0.478 e. The Balaban J connectivity index is 1.97. The molecule has 0 radical (unpaired) electrons. The van der Waals surface area contributed by atoms with Gasteiger partial charge >= 0.3 is 5.97 Å². The molecule has 108 valence electrons. The molecule has 1 heterocycles. The fourth-order valence-corrected chi connectivity index (χ4v) is 1.78. The highest BCUT2D eigenvalue weighted by Crippen LogP contribution is 1.98. The van der Waals surface area contributed by atoms with Crippen LogP contribution >= 0.6 is 0 Å². The van der Waals surface area contributed by atoms with Crippen LogP contribution in [0.5, 0.6) is 0 Å². The lowest BCUT2D eigenvalue weighted by molar-refractivity contribution is -0.121. The van der Waals surface area contributed by atoms with Crippen LogP contribution in [0.25, 0.3) is 0 Å². The second-order valence-electron chi connectivity index (χ2n) is 4.45. The van der Waals surface area contributed by atoms with Gasteiger partial charge in [-0.1, -0.05) is 30.3 Å². The first kappa shape index (κ1) is 14.5. The molecule has 6 heteroatoms. The Bertz CT molecular complexity index is 707. The van der Waals surface area contributed by atoms with Crippen molar-refractivity contribution < 1.29 is 14.7 Å². The highest BCUT2D eigenvalue weighted by molar-refractivity contribution is 5.87. The van der Waals surface area contributed by atoms with Crippen molar-refractivity contribution in [3.05, 3.63) is 70.1 Å². The first-order valence-corrected chi connectivity index (χ1v) is 6.30. The molecule has 0 bridgehead atoms. The number of aromatic nitrogens is 1. The Hall–Kier alpha value is -2.89. The lowest BCUT2D eigenvalue weighted by Crippen LogP contribution is -2.31. The molecule has 2 aromatic rings. The van der Waals surface area contributed by atoms with E-state index in [2.05, 4.69) is 5.32 Å². The molecular formula is C15H14N2O4. The monoisotopic (exact) mass is 286 g/mol. The molecule has 0 fully saturated rings. The summed E-state index contributed by atoms with van der Waals surface area (Å²) in [5, 5.41) is 11.5. The molecule has 2 rings (SSSR count). The minimum atomic E-state index is -1.17. The van der Waals surface area contributed by atoms with Gasteiger partial charge < -0.3 is 15.0 Å². The molecule has 1 amide bonds. The summed E-state index contributed by atoms with van der Waals surface area (Å²) in [7, 11) is 0. The molecule has 0 aliphatic rings. The van der Waals surface area contributed by atoms with Crippen LogP contribution in [0.15, 0.2) is 53.5 Å². The van der Waals surface area contributed by atoms with Gasteiger partial charge in [0.1, 0.15) is 6.54 Å². The fraction of sp³-hybridized carbons (Fsp3) is 0.133. The topological polar surface area (TPSA) is 88.4 Å². The molecule has 0 saturated carbocycles. The van der Waals surface area contributed by atoms with Crippen molar-refractivity contribution in [3.8, 4) is 0 Å². The van der Waals surface area contributed by atoms with Crippen molar-refractivity contribution in [3.63, 3.8) is 0 Å². The number of benzene rings is 1. The van der Waals surface area contributed by atoms with Gasteiger partial charge in [0, 0.05) is 18.8 Å². The van der Waals surface area contributed by atoms with Crippen molar-refractivity contribution in [2.24, 2.45) is 0 Å². The van der Waals surface area contributed by atoms with Crippen LogP contribution in [-0.2, 0) is 17.9 Å². The number of carboxylic acids is 1. The number of nitrogens with one attached hydrogen (secondary N) is 1. The number of pyridine rings is 1. The molecule has 0 spiro atoms. The zero-order valence-electron chi connectivity index (χ0n) is 11.2. The highest BCUT2D eigenvalue weighted by atomic mass is 16.4. The smallest absolute Gasteiger partial charge is 0.335 e. The van der Waals surface area contributed by atoms with Gasteiger partial charge in [-0.2, -0.15) is 0 Å². The maximum absolute atomic E-state index is 11.8. The number of amides is 1. The fourth-order valence-electron chi connectivity index (χ4n) is 1.78. The molecule has 6 nitrogen and oxygen atoms in total. The number of aromatic carboxylic acids is 1. The Kier molecular flexibility index (Phi) is 4.50. The van der Waals surface area contributed by atoms with E-state index in [0.717, 1.165) is 16.2 Å².